The Bertz CT molecular complexity index is 477. The molecule has 2 aliphatic rings. The molecule has 0 aromatic carbocycles. The monoisotopic (exact) mass is 264 g/mol. The van der Waals surface area contributed by atoms with Crippen molar-refractivity contribution in [2.75, 3.05) is 13.1 Å². The van der Waals surface area contributed by atoms with Gasteiger partial charge in [-0.15, -0.1) is 11.3 Å². The summed E-state index contributed by atoms with van der Waals surface area (Å²) < 4.78 is 0. The quantitative estimate of drug-likeness (QED) is 0.822. The third kappa shape index (κ3) is 1.92. The van der Waals surface area contributed by atoms with Crippen molar-refractivity contribution in [3.05, 3.63) is 22.4 Å². The Hall–Kier alpha value is -1.36. The molecule has 0 bridgehead atoms. The van der Waals surface area contributed by atoms with Crippen molar-refractivity contribution >= 4 is 23.0 Å². The van der Waals surface area contributed by atoms with E-state index in [1.165, 1.54) is 0 Å². The lowest BCUT2D eigenvalue weighted by molar-refractivity contribution is -0.152. The summed E-state index contributed by atoms with van der Waals surface area (Å²) in [5.74, 6) is 0.0790. The van der Waals surface area contributed by atoms with Crippen molar-refractivity contribution in [3.63, 3.8) is 0 Å². The molecule has 1 fully saturated rings. The zero-order chi connectivity index (χ0) is 12.6. The van der Waals surface area contributed by atoms with E-state index in [4.69, 9.17) is 4.84 Å². The molecular weight excluding hydrogens is 248 g/mol. The van der Waals surface area contributed by atoms with Crippen molar-refractivity contribution in [1.82, 2.24) is 4.90 Å². The third-order valence-corrected chi connectivity index (χ3v) is 4.43. The number of likely N-dealkylation sites (tertiary alicyclic amines) is 1. The zero-order valence-corrected chi connectivity index (χ0v) is 11.2. The van der Waals surface area contributed by atoms with Crippen molar-refractivity contribution < 1.29 is 9.63 Å². The number of rotatable bonds is 2. The fourth-order valence-electron chi connectivity index (χ4n) is 2.48. The maximum absolute atomic E-state index is 12.4. The van der Waals surface area contributed by atoms with Crippen molar-refractivity contribution in [1.29, 1.82) is 0 Å². The van der Waals surface area contributed by atoms with E-state index in [0.29, 0.717) is 6.42 Å². The molecule has 18 heavy (non-hydrogen) atoms. The maximum Gasteiger partial charge on any atom is 0.269 e. The smallest absolute Gasteiger partial charge is 0.269 e. The molecule has 1 amide bonds. The number of amides is 1. The summed E-state index contributed by atoms with van der Waals surface area (Å²) >= 11 is 1.63. The summed E-state index contributed by atoms with van der Waals surface area (Å²) in [4.78, 5) is 20.9. The molecule has 1 aromatic rings. The van der Waals surface area contributed by atoms with Crippen LogP contribution < -0.4 is 0 Å². The first-order valence-electron chi connectivity index (χ1n) is 6.27. The third-order valence-electron chi connectivity index (χ3n) is 3.51. The molecule has 2 aliphatic heterocycles. The SMILES string of the molecule is C[C@@]1(C(=O)N2CCCC2)CC(c2cccs2)=NO1. The number of hydrogen-bond donors (Lipinski definition) is 0. The van der Waals surface area contributed by atoms with Crippen LogP contribution in [0.3, 0.4) is 0 Å². The second-order valence-electron chi connectivity index (χ2n) is 5.01. The van der Waals surface area contributed by atoms with Crippen LogP contribution in [0, 0.1) is 0 Å². The minimum absolute atomic E-state index is 0.0790. The van der Waals surface area contributed by atoms with E-state index in [2.05, 4.69) is 5.16 Å². The Kier molecular flexibility index (Phi) is 2.86. The van der Waals surface area contributed by atoms with Crippen molar-refractivity contribution in [3.8, 4) is 0 Å². The highest BCUT2D eigenvalue weighted by atomic mass is 32.1. The summed E-state index contributed by atoms with van der Waals surface area (Å²) in [5.41, 5.74) is 0.0870. The first kappa shape index (κ1) is 11.7. The number of thiophene rings is 1. The molecule has 5 heteroatoms. The summed E-state index contributed by atoms with van der Waals surface area (Å²) in [6, 6.07) is 4.00. The van der Waals surface area contributed by atoms with Gasteiger partial charge in [-0.2, -0.15) is 0 Å². The van der Waals surface area contributed by atoms with E-state index < -0.39 is 5.60 Å². The van der Waals surface area contributed by atoms with Crippen LogP contribution in [0.15, 0.2) is 22.7 Å². The van der Waals surface area contributed by atoms with E-state index in [9.17, 15) is 4.79 Å². The Morgan fingerprint density at radius 3 is 2.94 bits per heavy atom. The van der Waals surface area contributed by atoms with E-state index >= 15 is 0 Å². The molecule has 1 aromatic heterocycles. The van der Waals surface area contributed by atoms with Gasteiger partial charge in [0.05, 0.1) is 4.88 Å². The fourth-order valence-corrected chi connectivity index (χ4v) is 3.19. The maximum atomic E-state index is 12.4. The van der Waals surface area contributed by atoms with Crippen molar-refractivity contribution in [2.45, 2.75) is 31.8 Å². The van der Waals surface area contributed by atoms with Gasteiger partial charge in [-0.25, -0.2) is 0 Å². The molecule has 96 valence electrons. The van der Waals surface area contributed by atoms with E-state index in [0.717, 1.165) is 36.5 Å². The summed E-state index contributed by atoms with van der Waals surface area (Å²) in [6.07, 6.45) is 2.77. The predicted molar refractivity (Wildman–Crippen MR) is 70.8 cm³/mol. The molecule has 0 unspecified atom stereocenters. The molecule has 0 aliphatic carbocycles. The molecule has 0 N–H and O–H groups in total. The van der Waals surface area contributed by atoms with Gasteiger partial charge in [0.2, 0.25) is 5.60 Å². The van der Waals surface area contributed by atoms with Crippen LogP contribution in [0.4, 0.5) is 0 Å². The van der Waals surface area contributed by atoms with Gasteiger partial charge >= 0.3 is 0 Å². The Morgan fingerprint density at radius 2 is 2.28 bits per heavy atom. The van der Waals surface area contributed by atoms with Crippen LogP contribution in [0.25, 0.3) is 0 Å². The highest BCUT2D eigenvalue weighted by Crippen LogP contribution is 2.30. The first-order chi connectivity index (χ1) is 8.69. The van der Waals surface area contributed by atoms with Crippen LogP contribution in [-0.4, -0.2) is 35.2 Å². The van der Waals surface area contributed by atoms with Gasteiger partial charge in [0.15, 0.2) is 0 Å². The Morgan fingerprint density at radius 1 is 1.50 bits per heavy atom. The largest absolute Gasteiger partial charge is 0.379 e. The average Bonchev–Trinajstić information content (AvgIpc) is 3.10. The second-order valence-corrected chi connectivity index (χ2v) is 5.96. The standard InChI is InChI=1S/C13H16N2O2S/c1-13(12(16)15-6-2-3-7-15)9-10(14-17-13)11-5-4-8-18-11/h4-5,8H,2-3,6-7,9H2,1H3/t13-/m0/s1. The lowest BCUT2D eigenvalue weighted by Crippen LogP contribution is -2.46. The van der Waals surface area contributed by atoms with Gasteiger partial charge in [0.25, 0.3) is 5.91 Å². The van der Waals surface area contributed by atoms with Crippen LogP contribution >= 0.6 is 11.3 Å². The summed E-state index contributed by atoms with van der Waals surface area (Å²) in [7, 11) is 0. The molecule has 3 heterocycles. The molecule has 0 radical (unpaired) electrons. The number of oxime groups is 1. The van der Waals surface area contributed by atoms with Gasteiger partial charge in [0, 0.05) is 19.5 Å². The second kappa shape index (κ2) is 4.39. The van der Waals surface area contributed by atoms with Gasteiger partial charge in [0.1, 0.15) is 5.71 Å². The number of carbonyl (C=O) groups excluding carboxylic acids is 1. The molecule has 0 spiro atoms. The molecule has 0 saturated carbocycles. The topological polar surface area (TPSA) is 41.9 Å². The molecule has 4 nitrogen and oxygen atoms in total. The van der Waals surface area contributed by atoms with Crippen LogP contribution in [0.1, 0.15) is 31.1 Å². The van der Waals surface area contributed by atoms with Crippen LogP contribution in [0.5, 0.6) is 0 Å². The highest BCUT2D eigenvalue weighted by molar-refractivity contribution is 7.12. The minimum atomic E-state index is -0.802. The molecule has 1 atom stereocenters. The lowest BCUT2D eigenvalue weighted by Gasteiger charge is -2.26. The molecular formula is C13H16N2O2S. The molecule has 3 rings (SSSR count). The normalized spacial score (nSPS) is 27.2. The lowest BCUT2D eigenvalue weighted by atomic mass is 9.97. The average molecular weight is 264 g/mol. The van der Waals surface area contributed by atoms with Gasteiger partial charge in [-0.05, 0) is 31.2 Å². The minimum Gasteiger partial charge on any atom is -0.379 e. The van der Waals surface area contributed by atoms with E-state index in [1.54, 1.807) is 11.3 Å². The Labute approximate surface area is 110 Å². The zero-order valence-electron chi connectivity index (χ0n) is 10.4. The van der Waals surface area contributed by atoms with E-state index in [-0.39, 0.29) is 5.91 Å². The molecule has 1 saturated heterocycles. The number of hydrogen-bond acceptors (Lipinski definition) is 4. The van der Waals surface area contributed by atoms with Gasteiger partial charge in [-0.1, -0.05) is 11.2 Å². The van der Waals surface area contributed by atoms with Crippen LogP contribution in [0.2, 0.25) is 0 Å². The first-order valence-corrected chi connectivity index (χ1v) is 7.15. The number of nitrogens with zero attached hydrogens (tertiary/aromatic N) is 2. The predicted octanol–water partition coefficient (Wildman–Crippen LogP) is 2.25. The van der Waals surface area contributed by atoms with Crippen LogP contribution in [-0.2, 0) is 9.63 Å². The number of carbonyl (C=O) groups is 1. The summed E-state index contributed by atoms with van der Waals surface area (Å²) in [5, 5.41) is 6.11. The Balaban J connectivity index is 1.73. The van der Waals surface area contributed by atoms with Gasteiger partial charge in [-0.3, -0.25) is 4.79 Å². The summed E-state index contributed by atoms with van der Waals surface area (Å²) in [6.45, 7) is 3.55. The fraction of sp³-hybridized carbons (Fsp3) is 0.538. The highest BCUT2D eigenvalue weighted by Gasteiger charge is 2.45. The van der Waals surface area contributed by atoms with Gasteiger partial charge < -0.3 is 9.74 Å². The van der Waals surface area contributed by atoms with Crippen molar-refractivity contribution in [2.24, 2.45) is 5.16 Å². The van der Waals surface area contributed by atoms with E-state index in [1.807, 2.05) is 29.3 Å².